The SMILES string of the molecule is c1ccc(-c2cccc(-c3cc4c5ccccc5c(-c5cc6ccccc6c6ccccc56)cc4c4ccccc34)c2)cc1. The van der Waals surface area contributed by atoms with Crippen molar-refractivity contribution < 1.29 is 0 Å². The van der Waals surface area contributed by atoms with Crippen molar-refractivity contribution >= 4 is 53.9 Å². The molecule has 0 amide bonds. The van der Waals surface area contributed by atoms with E-state index in [0.717, 1.165) is 0 Å². The van der Waals surface area contributed by atoms with Crippen LogP contribution in [0.3, 0.4) is 0 Å². The first-order chi connectivity index (χ1) is 21.8. The number of fused-ring (bicyclic) bond motifs is 8. The number of benzene rings is 9. The predicted molar refractivity (Wildman–Crippen MR) is 190 cm³/mol. The fourth-order valence-electron chi connectivity index (χ4n) is 7.19. The molecule has 9 aromatic rings. The smallest absolute Gasteiger partial charge is 0.00923 e. The summed E-state index contributed by atoms with van der Waals surface area (Å²) in [7, 11) is 0. The Labute approximate surface area is 256 Å². The Hall–Kier alpha value is -5.72. The minimum Gasteiger partial charge on any atom is -0.0622 e. The van der Waals surface area contributed by atoms with Gasteiger partial charge < -0.3 is 0 Å². The molecule has 0 N–H and O–H groups in total. The van der Waals surface area contributed by atoms with Crippen LogP contribution in [-0.4, -0.2) is 0 Å². The summed E-state index contributed by atoms with van der Waals surface area (Å²) in [5.41, 5.74) is 7.52. The van der Waals surface area contributed by atoms with Gasteiger partial charge in [0.25, 0.3) is 0 Å². The Morgan fingerprint density at radius 3 is 1.30 bits per heavy atom. The van der Waals surface area contributed by atoms with E-state index in [1.54, 1.807) is 0 Å². The first kappa shape index (κ1) is 24.8. The summed E-state index contributed by atoms with van der Waals surface area (Å²) in [6, 6.07) is 62.3. The highest BCUT2D eigenvalue weighted by Gasteiger charge is 2.17. The van der Waals surface area contributed by atoms with Crippen molar-refractivity contribution in [2.24, 2.45) is 0 Å². The second-order valence-electron chi connectivity index (χ2n) is 11.7. The zero-order valence-corrected chi connectivity index (χ0v) is 24.2. The van der Waals surface area contributed by atoms with Crippen LogP contribution in [0.15, 0.2) is 170 Å². The maximum absolute atomic E-state index is 2.45. The van der Waals surface area contributed by atoms with E-state index in [1.165, 1.54) is 87.2 Å². The van der Waals surface area contributed by atoms with Crippen LogP contribution in [-0.2, 0) is 0 Å². The molecule has 0 heterocycles. The first-order valence-corrected chi connectivity index (χ1v) is 15.3. The van der Waals surface area contributed by atoms with E-state index >= 15 is 0 Å². The monoisotopic (exact) mass is 556 g/mol. The van der Waals surface area contributed by atoms with Gasteiger partial charge in [0.1, 0.15) is 0 Å². The van der Waals surface area contributed by atoms with Gasteiger partial charge in [-0.2, -0.15) is 0 Å². The average Bonchev–Trinajstić information content (AvgIpc) is 3.11. The van der Waals surface area contributed by atoms with Gasteiger partial charge in [0.2, 0.25) is 0 Å². The molecule has 204 valence electrons. The molecule has 9 rings (SSSR count). The summed E-state index contributed by atoms with van der Waals surface area (Å²) in [6.07, 6.45) is 0. The fourth-order valence-corrected chi connectivity index (χ4v) is 7.19. The summed E-state index contributed by atoms with van der Waals surface area (Å²) < 4.78 is 0. The lowest BCUT2D eigenvalue weighted by molar-refractivity contribution is 1.61. The van der Waals surface area contributed by atoms with Gasteiger partial charge in [-0.15, -0.1) is 0 Å². The van der Waals surface area contributed by atoms with E-state index in [2.05, 4.69) is 170 Å². The third-order valence-corrected chi connectivity index (χ3v) is 9.22. The van der Waals surface area contributed by atoms with Gasteiger partial charge in [-0.05, 0) is 112 Å². The Morgan fingerprint density at radius 2 is 0.636 bits per heavy atom. The van der Waals surface area contributed by atoms with Gasteiger partial charge in [0.05, 0.1) is 0 Å². The van der Waals surface area contributed by atoms with E-state index in [1.807, 2.05) is 0 Å². The van der Waals surface area contributed by atoms with E-state index < -0.39 is 0 Å². The predicted octanol–water partition coefficient (Wildman–Crippen LogP) is 12.5. The Morgan fingerprint density at radius 1 is 0.205 bits per heavy atom. The molecular formula is C44H28. The summed E-state index contributed by atoms with van der Waals surface area (Å²) >= 11 is 0. The maximum Gasteiger partial charge on any atom is -0.00923 e. The molecule has 0 fully saturated rings. The maximum atomic E-state index is 2.45. The van der Waals surface area contributed by atoms with Crippen molar-refractivity contribution in [1.82, 2.24) is 0 Å². The van der Waals surface area contributed by atoms with E-state index in [4.69, 9.17) is 0 Å². The van der Waals surface area contributed by atoms with E-state index in [-0.39, 0.29) is 0 Å². The molecule has 0 nitrogen and oxygen atoms in total. The van der Waals surface area contributed by atoms with Crippen LogP contribution in [0.4, 0.5) is 0 Å². The van der Waals surface area contributed by atoms with Crippen molar-refractivity contribution in [3.63, 3.8) is 0 Å². The highest BCUT2D eigenvalue weighted by Crippen LogP contribution is 2.44. The lowest BCUT2D eigenvalue weighted by Gasteiger charge is -2.18. The van der Waals surface area contributed by atoms with Crippen molar-refractivity contribution in [2.45, 2.75) is 0 Å². The van der Waals surface area contributed by atoms with Crippen LogP contribution in [0, 0.1) is 0 Å². The molecule has 0 saturated heterocycles. The van der Waals surface area contributed by atoms with Crippen LogP contribution in [0.2, 0.25) is 0 Å². The molecule has 0 unspecified atom stereocenters. The molecule has 0 aromatic heterocycles. The van der Waals surface area contributed by atoms with Gasteiger partial charge in [-0.1, -0.05) is 146 Å². The third-order valence-electron chi connectivity index (χ3n) is 9.22. The molecule has 0 aliphatic heterocycles. The largest absolute Gasteiger partial charge is 0.0622 e. The molecule has 44 heavy (non-hydrogen) atoms. The van der Waals surface area contributed by atoms with Gasteiger partial charge in [0, 0.05) is 0 Å². The summed E-state index contributed by atoms with van der Waals surface area (Å²) in [4.78, 5) is 0. The summed E-state index contributed by atoms with van der Waals surface area (Å²) in [5.74, 6) is 0. The molecule has 0 aliphatic rings. The molecule has 9 aromatic carbocycles. The van der Waals surface area contributed by atoms with Crippen molar-refractivity contribution in [3.05, 3.63) is 170 Å². The first-order valence-electron chi connectivity index (χ1n) is 15.3. The number of hydrogen-bond donors (Lipinski definition) is 0. The quantitative estimate of drug-likeness (QED) is 0.190. The Bertz CT molecular complexity index is 2540. The molecule has 0 bridgehead atoms. The summed E-state index contributed by atoms with van der Waals surface area (Å²) in [6.45, 7) is 0. The van der Waals surface area contributed by atoms with Crippen molar-refractivity contribution in [3.8, 4) is 33.4 Å². The topological polar surface area (TPSA) is 0 Å². The van der Waals surface area contributed by atoms with Gasteiger partial charge >= 0.3 is 0 Å². The number of rotatable bonds is 3. The average molecular weight is 557 g/mol. The third kappa shape index (κ3) is 3.85. The van der Waals surface area contributed by atoms with Crippen LogP contribution in [0.25, 0.3) is 87.2 Å². The van der Waals surface area contributed by atoms with Crippen LogP contribution < -0.4 is 0 Å². The van der Waals surface area contributed by atoms with E-state index in [9.17, 15) is 0 Å². The molecule has 0 spiro atoms. The van der Waals surface area contributed by atoms with Crippen molar-refractivity contribution in [1.29, 1.82) is 0 Å². The normalized spacial score (nSPS) is 11.6. The Balaban J connectivity index is 1.38. The zero-order chi connectivity index (χ0) is 29.0. The van der Waals surface area contributed by atoms with Crippen LogP contribution >= 0.6 is 0 Å². The van der Waals surface area contributed by atoms with Gasteiger partial charge in [-0.3, -0.25) is 0 Å². The number of hydrogen-bond acceptors (Lipinski definition) is 0. The minimum atomic E-state index is 1.23. The summed E-state index contributed by atoms with van der Waals surface area (Å²) in [5, 5.41) is 12.8. The fraction of sp³-hybridized carbons (Fsp3) is 0. The van der Waals surface area contributed by atoms with Crippen molar-refractivity contribution in [2.75, 3.05) is 0 Å². The molecule has 0 saturated carbocycles. The van der Waals surface area contributed by atoms with E-state index in [0.29, 0.717) is 0 Å². The molecule has 0 atom stereocenters. The Kier molecular flexibility index (Phi) is 5.61. The van der Waals surface area contributed by atoms with Gasteiger partial charge in [0.15, 0.2) is 0 Å². The molecule has 0 aliphatic carbocycles. The molecule has 0 radical (unpaired) electrons. The lowest BCUT2D eigenvalue weighted by atomic mass is 9.85. The molecular weight excluding hydrogens is 528 g/mol. The standard InChI is InChI=1S/C44H28/c1-2-13-29(14-3-1)30-16-12-17-31(25-30)40-27-42-38-23-10-11-24-39(38)43(28-44(42)37-22-9-7-20-35(37)40)41-26-32-15-4-5-18-33(32)34-19-6-8-21-36(34)41/h1-28H. The van der Waals surface area contributed by atoms with Crippen LogP contribution in [0.1, 0.15) is 0 Å². The van der Waals surface area contributed by atoms with Crippen LogP contribution in [0.5, 0.6) is 0 Å². The lowest BCUT2D eigenvalue weighted by Crippen LogP contribution is -1.90. The molecule has 0 heteroatoms. The zero-order valence-electron chi connectivity index (χ0n) is 24.2. The van der Waals surface area contributed by atoms with Gasteiger partial charge in [-0.25, -0.2) is 0 Å². The second-order valence-corrected chi connectivity index (χ2v) is 11.7. The highest BCUT2D eigenvalue weighted by atomic mass is 14.2. The second kappa shape index (κ2) is 9.93. The minimum absolute atomic E-state index is 1.23. The highest BCUT2D eigenvalue weighted by molar-refractivity contribution is 6.25.